The molecule has 8 nitrogen and oxygen atoms in total. The maximum Gasteiger partial charge on any atom is 0.253 e. The van der Waals surface area contributed by atoms with Gasteiger partial charge in [0.1, 0.15) is 10.8 Å². The van der Waals surface area contributed by atoms with Crippen LogP contribution in [-0.2, 0) is 4.79 Å². The molecule has 1 aliphatic heterocycles. The predicted molar refractivity (Wildman–Crippen MR) is 146 cm³/mol. The molecule has 1 fully saturated rings. The van der Waals surface area contributed by atoms with Gasteiger partial charge in [-0.2, -0.15) is 0 Å². The molecule has 4 aromatic rings. The summed E-state index contributed by atoms with van der Waals surface area (Å²) in [7, 11) is 3.47. The van der Waals surface area contributed by atoms with Gasteiger partial charge in [-0.15, -0.1) is 10.2 Å². The van der Waals surface area contributed by atoms with Crippen LogP contribution in [0.5, 0.6) is 11.6 Å². The maximum absolute atomic E-state index is 13.8. The second kappa shape index (κ2) is 9.33. The van der Waals surface area contributed by atoms with Gasteiger partial charge in [0.05, 0.1) is 11.1 Å². The molecule has 2 aromatic carbocycles. The Hall–Kier alpha value is -4.11. The number of aryl methyl sites for hydroxylation is 1. The highest BCUT2D eigenvalue weighted by molar-refractivity contribution is 7.15. The fraction of sp³-hybridized carbons (Fsp3) is 0.276. The summed E-state index contributed by atoms with van der Waals surface area (Å²) >= 11 is 1.37. The van der Waals surface area contributed by atoms with E-state index >= 15 is 0 Å². The molecule has 0 radical (unpaired) electrons. The third-order valence-corrected chi connectivity index (χ3v) is 8.22. The number of pyridine rings is 1. The highest BCUT2D eigenvalue weighted by Crippen LogP contribution is 2.59. The first kappa shape index (κ1) is 24.2. The van der Waals surface area contributed by atoms with Crippen LogP contribution in [0.4, 0.5) is 5.13 Å². The minimum atomic E-state index is -0.633. The van der Waals surface area contributed by atoms with Crippen LogP contribution in [0.3, 0.4) is 0 Å². The molecule has 1 aliphatic carbocycles. The average Bonchev–Trinajstić information content (AvgIpc) is 3.31. The fourth-order valence-electron chi connectivity index (χ4n) is 5.41. The van der Waals surface area contributed by atoms with Crippen molar-refractivity contribution < 1.29 is 14.3 Å². The third kappa shape index (κ3) is 4.03. The van der Waals surface area contributed by atoms with E-state index in [9.17, 15) is 9.59 Å². The van der Waals surface area contributed by atoms with Gasteiger partial charge in [0.25, 0.3) is 5.91 Å². The van der Waals surface area contributed by atoms with Crippen LogP contribution in [0.2, 0.25) is 0 Å². The summed E-state index contributed by atoms with van der Waals surface area (Å²) in [6, 6.07) is 19.3. The summed E-state index contributed by atoms with van der Waals surface area (Å²) in [5.41, 5.74) is 3.49. The zero-order valence-electron chi connectivity index (χ0n) is 21.4. The Kier molecular flexibility index (Phi) is 5.95. The second-order valence-corrected chi connectivity index (χ2v) is 11.2. The van der Waals surface area contributed by atoms with Crippen molar-refractivity contribution in [3.8, 4) is 22.9 Å². The normalized spacial score (nSPS) is 16.9. The minimum absolute atomic E-state index is 0.0437. The first-order chi connectivity index (χ1) is 18.4. The van der Waals surface area contributed by atoms with E-state index in [4.69, 9.17) is 9.72 Å². The van der Waals surface area contributed by atoms with Crippen molar-refractivity contribution in [2.45, 2.75) is 32.1 Å². The highest BCUT2D eigenvalue weighted by atomic mass is 32.1. The summed E-state index contributed by atoms with van der Waals surface area (Å²) in [4.78, 5) is 32.5. The monoisotopic (exact) mass is 525 g/mol. The van der Waals surface area contributed by atoms with Crippen molar-refractivity contribution in [3.63, 3.8) is 0 Å². The second-order valence-electron chi connectivity index (χ2n) is 10.0. The summed E-state index contributed by atoms with van der Waals surface area (Å²) in [6.45, 7) is 1.87. The Labute approximate surface area is 224 Å². The van der Waals surface area contributed by atoms with Crippen LogP contribution in [0.1, 0.15) is 51.7 Å². The van der Waals surface area contributed by atoms with Crippen molar-refractivity contribution in [1.29, 1.82) is 0 Å². The van der Waals surface area contributed by atoms with E-state index in [1.165, 1.54) is 11.3 Å². The lowest BCUT2D eigenvalue weighted by molar-refractivity contribution is -0.131. The number of para-hydroxylation sites is 1. The number of anilines is 1. The number of ether oxygens (including phenoxy) is 1. The van der Waals surface area contributed by atoms with E-state index in [2.05, 4.69) is 15.5 Å². The quantitative estimate of drug-likeness (QED) is 0.361. The number of hydrogen-bond acceptors (Lipinski definition) is 7. The zero-order chi connectivity index (χ0) is 26.4. The third-order valence-electron chi connectivity index (χ3n) is 7.47. The summed E-state index contributed by atoms with van der Waals surface area (Å²) < 4.78 is 6.30. The van der Waals surface area contributed by atoms with Gasteiger partial charge in [-0.25, -0.2) is 4.98 Å². The molecule has 0 saturated heterocycles. The molecule has 6 rings (SSSR count). The van der Waals surface area contributed by atoms with Crippen molar-refractivity contribution in [2.75, 3.05) is 19.4 Å². The molecule has 3 heterocycles. The van der Waals surface area contributed by atoms with Crippen molar-refractivity contribution >= 4 is 28.3 Å². The standard InChI is InChI=1S/C29H27N5O3S/c1-17-32-33-28(38-17)31-27(36)29(15-6-16-29)24-20-7-4-5-8-23(20)37-25-21(24)13-14-22(30-25)18-9-11-19(12-10-18)26(35)34(2)3/h4-5,7-14,24H,6,15-16H2,1-3H3,(H,31,33,36). The van der Waals surface area contributed by atoms with Crippen molar-refractivity contribution in [1.82, 2.24) is 20.1 Å². The lowest BCUT2D eigenvalue weighted by Crippen LogP contribution is -2.47. The van der Waals surface area contributed by atoms with E-state index in [1.54, 1.807) is 31.1 Å². The predicted octanol–water partition coefficient (Wildman–Crippen LogP) is 5.66. The molecule has 2 aliphatic rings. The van der Waals surface area contributed by atoms with Crippen LogP contribution in [0.25, 0.3) is 11.3 Å². The lowest BCUT2D eigenvalue weighted by Gasteiger charge is -2.48. The topological polar surface area (TPSA) is 97.3 Å². The molecule has 1 N–H and O–H groups in total. The number of benzene rings is 2. The number of hydrogen-bond donors (Lipinski definition) is 1. The molecule has 1 saturated carbocycles. The highest BCUT2D eigenvalue weighted by Gasteiger charge is 2.54. The van der Waals surface area contributed by atoms with Gasteiger partial charge in [-0.1, -0.05) is 54.2 Å². The number of carbonyl (C=O) groups is 2. The number of nitrogens with one attached hydrogen (secondary N) is 1. The number of amides is 2. The summed E-state index contributed by atoms with van der Waals surface area (Å²) in [6.07, 6.45) is 2.50. The van der Waals surface area contributed by atoms with Gasteiger partial charge in [-0.05, 0) is 44.0 Å². The smallest absolute Gasteiger partial charge is 0.253 e. The Bertz CT molecular complexity index is 1540. The summed E-state index contributed by atoms with van der Waals surface area (Å²) in [5.74, 6) is 0.924. The van der Waals surface area contributed by atoms with Gasteiger partial charge in [-0.3, -0.25) is 9.59 Å². The minimum Gasteiger partial charge on any atom is -0.438 e. The number of fused-ring (bicyclic) bond motifs is 2. The Balaban J connectivity index is 1.39. The molecular formula is C29H27N5O3S. The Morgan fingerprint density at radius 3 is 2.42 bits per heavy atom. The SMILES string of the molecule is Cc1nnc(NC(=O)C2(C3c4ccccc4Oc4nc(-c5ccc(C(=O)N(C)C)cc5)ccc43)CCC2)s1. The van der Waals surface area contributed by atoms with Gasteiger partial charge in [0.15, 0.2) is 0 Å². The molecule has 38 heavy (non-hydrogen) atoms. The van der Waals surface area contributed by atoms with Gasteiger partial charge < -0.3 is 15.0 Å². The van der Waals surface area contributed by atoms with E-state index < -0.39 is 5.41 Å². The first-order valence-corrected chi connectivity index (χ1v) is 13.4. The zero-order valence-corrected chi connectivity index (χ0v) is 22.2. The van der Waals surface area contributed by atoms with Crippen molar-refractivity contribution in [3.05, 3.63) is 82.4 Å². The van der Waals surface area contributed by atoms with Crippen molar-refractivity contribution in [2.24, 2.45) is 5.41 Å². The van der Waals surface area contributed by atoms with Crippen LogP contribution in [0, 0.1) is 12.3 Å². The van der Waals surface area contributed by atoms with Crippen LogP contribution >= 0.6 is 11.3 Å². The van der Waals surface area contributed by atoms with Crippen LogP contribution < -0.4 is 10.1 Å². The molecule has 1 unspecified atom stereocenters. The molecule has 1 atom stereocenters. The Morgan fingerprint density at radius 1 is 1.00 bits per heavy atom. The largest absolute Gasteiger partial charge is 0.438 e. The van der Waals surface area contributed by atoms with E-state index in [0.717, 1.165) is 46.7 Å². The number of nitrogens with zero attached hydrogens (tertiary/aromatic N) is 4. The lowest BCUT2D eigenvalue weighted by atomic mass is 9.56. The molecule has 192 valence electrons. The summed E-state index contributed by atoms with van der Waals surface area (Å²) in [5, 5.41) is 12.5. The molecule has 0 bridgehead atoms. The van der Waals surface area contributed by atoms with Crippen LogP contribution in [-0.4, -0.2) is 46.0 Å². The molecule has 2 aromatic heterocycles. The van der Waals surface area contributed by atoms with Crippen LogP contribution in [0.15, 0.2) is 60.7 Å². The number of aromatic nitrogens is 3. The van der Waals surface area contributed by atoms with E-state index in [1.807, 2.05) is 55.5 Å². The first-order valence-electron chi connectivity index (χ1n) is 12.6. The van der Waals surface area contributed by atoms with E-state index in [-0.39, 0.29) is 17.7 Å². The molecule has 9 heteroatoms. The number of rotatable bonds is 5. The number of carbonyl (C=O) groups excluding carboxylic acids is 2. The molecular weight excluding hydrogens is 498 g/mol. The molecule has 2 amide bonds. The van der Waals surface area contributed by atoms with E-state index in [0.29, 0.717) is 22.3 Å². The van der Waals surface area contributed by atoms with Gasteiger partial charge in [0.2, 0.25) is 16.9 Å². The maximum atomic E-state index is 13.8. The van der Waals surface area contributed by atoms with Gasteiger partial charge >= 0.3 is 0 Å². The Morgan fingerprint density at radius 2 is 1.76 bits per heavy atom. The van der Waals surface area contributed by atoms with Gasteiger partial charge in [0, 0.05) is 42.3 Å². The molecule has 0 spiro atoms. The average molecular weight is 526 g/mol. The fourth-order valence-corrected chi connectivity index (χ4v) is 5.99.